The molecule has 0 fully saturated rings. The van der Waals surface area contributed by atoms with E-state index in [-0.39, 0.29) is 11.7 Å². The van der Waals surface area contributed by atoms with E-state index in [9.17, 15) is 4.39 Å². The fraction of sp³-hybridized carbons (Fsp3) is 0.455. The van der Waals surface area contributed by atoms with Crippen LogP contribution in [0.4, 0.5) is 4.39 Å². The van der Waals surface area contributed by atoms with Gasteiger partial charge in [0, 0.05) is 5.57 Å². The highest BCUT2D eigenvalue weighted by Crippen LogP contribution is 2.25. The Morgan fingerprint density at radius 2 is 1.61 bits per heavy atom. The normalized spacial score (nSPS) is 14.6. The van der Waals surface area contributed by atoms with Crippen LogP contribution in [-0.2, 0) is 0 Å². The summed E-state index contributed by atoms with van der Waals surface area (Å²) in [7, 11) is 0. The fourth-order valence-corrected chi connectivity index (χ4v) is 1.91. The second-order valence-corrected chi connectivity index (χ2v) is 6.41. The molecular formula is C22H33F. The van der Waals surface area contributed by atoms with E-state index in [4.69, 9.17) is 0 Å². The Morgan fingerprint density at radius 1 is 1.00 bits per heavy atom. The molecule has 0 amide bonds. The van der Waals surface area contributed by atoms with Gasteiger partial charge in [0.2, 0.25) is 0 Å². The van der Waals surface area contributed by atoms with Crippen LogP contribution in [0.15, 0.2) is 72.7 Å². The first-order chi connectivity index (χ1) is 10.7. The number of halogens is 1. The van der Waals surface area contributed by atoms with Gasteiger partial charge in [-0.05, 0) is 41.9 Å². The summed E-state index contributed by atoms with van der Waals surface area (Å²) in [6.07, 6.45) is 9.32. The molecule has 0 aliphatic carbocycles. The molecule has 0 nitrogen and oxygen atoms in total. The van der Waals surface area contributed by atoms with Crippen molar-refractivity contribution in [3.05, 3.63) is 72.7 Å². The van der Waals surface area contributed by atoms with E-state index < -0.39 is 0 Å². The van der Waals surface area contributed by atoms with Gasteiger partial charge in [-0.2, -0.15) is 0 Å². The zero-order valence-electron chi connectivity index (χ0n) is 15.4. The van der Waals surface area contributed by atoms with Crippen molar-refractivity contribution in [2.45, 2.75) is 53.4 Å². The first-order valence-corrected chi connectivity index (χ1v) is 8.53. The Hall–Kier alpha value is -1.63. The summed E-state index contributed by atoms with van der Waals surface area (Å²) in [6, 6.07) is 0. The Kier molecular flexibility index (Phi) is 10.2. The van der Waals surface area contributed by atoms with Gasteiger partial charge in [-0.25, -0.2) is 4.39 Å². The van der Waals surface area contributed by atoms with Gasteiger partial charge in [0.15, 0.2) is 0 Å². The van der Waals surface area contributed by atoms with Crippen molar-refractivity contribution >= 4 is 0 Å². The maximum absolute atomic E-state index is 14.3. The lowest BCUT2D eigenvalue weighted by atomic mass is 9.91. The number of allylic oxidation sites excluding steroid dienone is 8. The minimum atomic E-state index is -0.359. The quantitative estimate of drug-likeness (QED) is 0.346. The highest BCUT2D eigenvalue weighted by molar-refractivity contribution is 5.48. The third-order valence-corrected chi connectivity index (χ3v) is 4.38. The summed E-state index contributed by atoms with van der Waals surface area (Å²) in [5.74, 6) is 0.610. The predicted molar refractivity (Wildman–Crippen MR) is 103 cm³/mol. The van der Waals surface area contributed by atoms with Gasteiger partial charge in [0.25, 0.3) is 0 Å². The van der Waals surface area contributed by atoms with Gasteiger partial charge in [0.05, 0.1) is 0 Å². The van der Waals surface area contributed by atoms with Crippen LogP contribution in [0.2, 0.25) is 0 Å². The third-order valence-electron chi connectivity index (χ3n) is 4.38. The van der Waals surface area contributed by atoms with Crippen molar-refractivity contribution in [1.82, 2.24) is 0 Å². The van der Waals surface area contributed by atoms with Gasteiger partial charge in [-0.1, -0.05) is 84.6 Å². The highest BCUT2D eigenvalue weighted by atomic mass is 19.1. The molecule has 0 bridgehead atoms. The molecule has 2 atom stereocenters. The Balaban J connectivity index is 4.70. The lowest BCUT2D eigenvalue weighted by Gasteiger charge is -2.15. The molecule has 0 heterocycles. The van der Waals surface area contributed by atoms with Crippen LogP contribution >= 0.6 is 0 Å². The van der Waals surface area contributed by atoms with Crippen LogP contribution < -0.4 is 0 Å². The number of hydrogen-bond donors (Lipinski definition) is 0. The highest BCUT2D eigenvalue weighted by Gasteiger charge is 2.10. The maximum atomic E-state index is 14.3. The molecule has 0 N–H and O–H groups in total. The van der Waals surface area contributed by atoms with Crippen molar-refractivity contribution in [2.75, 3.05) is 0 Å². The first-order valence-electron chi connectivity index (χ1n) is 8.53. The molecule has 0 radical (unpaired) electrons. The van der Waals surface area contributed by atoms with Crippen LogP contribution in [0.1, 0.15) is 53.4 Å². The zero-order valence-corrected chi connectivity index (χ0v) is 15.4. The van der Waals surface area contributed by atoms with E-state index in [1.54, 1.807) is 6.08 Å². The Labute approximate surface area is 142 Å². The van der Waals surface area contributed by atoms with Crippen molar-refractivity contribution in [2.24, 2.45) is 11.8 Å². The van der Waals surface area contributed by atoms with Crippen LogP contribution in [-0.4, -0.2) is 0 Å². The van der Waals surface area contributed by atoms with E-state index in [0.717, 1.165) is 30.4 Å². The summed E-state index contributed by atoms with van der Waals surface area (Å²) in [5, 5.41) is 0. The molecule has 0 saturated carbocycles. The smallest absolute Gasteiger partial charge is 0.130 e. The molecule has 0 saturated heterocycles. The molecule has 2 unspecified atom stereocenters. The SMILES string of the molecule is C=C(/C=C\C(=C)C(=C)/C(F)=C\C(=C)C(C)CCC(C)CC)CC. The average molecular weight is 317 g/mol. The molecule has 128 valence electrons. The predicted octanol–water partition coefficient (Wildman–Crippen LogP) is 7.49. The van der Waals surface area contributed by atoms with E-state index in [2.05, 4.69) is 47.1 Å². The van der Waals surface area contributed by atoms with Gasteiger partial charge in [-0.15, -0.1) is 0 Å². The molecule has 23 heavy (non-hydrogen) atoms. The molecule has 0 aliphatic rings. The molecule has 0 aromatic heterocycles. The summed E-state index contributed by atoms with van der Waals surface area (Å²) < 4.78 is 14.3. The Morgan fingerprint density at radius 3 is 2.13 bits per heavy atom. The molecular weight excluding hydrogens is 283 g/mol. The third kappa shape index (κ3) is 8.54. The van der Waals surface area contributed by atoms with E-state index in [1.165, 1.54) is 12.5 Å². The number of rotatable bonds is 11. The van der Waals surface area contributed by atoms with Crippen molar-refractivity contribution in [1.29, 1.82) is 0 Å². The first kappa shape index (κ1) is 21.4. The molecule has 0 aromatic carbocycles. The van der Waals surface area contributed by atoms with Crippen molar-refractivity contribution < 1.29 is 4.39 Å². The summed E-state index contributed by atoms with van der Waals surface area (Å²) >= 11 is 0. The minimum absolute atomic E-state index is 0.270. The van der Waals surface area contributed by atoms with E-state index in [0.29, 0.717) is 17.1 Å². The maximum Gasteiger partial charge on any atom is 0.130 e. The van der Waals surface area contributed by atoms with Gasteiger partial charge in [-0.3, -0.25) is 0 Å². The van der Waals surface area contributed by atoms with Crippen LogP contribution in [0.5, 0.6) is 0 Å². The number of hydrogen-bond acceptors (Lipinski definition) is 0. The van der Waals surface area contributed by atoms with Crippen LogP contribution in [0.3, 0.4) is 0 Å². The molecule has 1 heteroatoms. The van der Waals surface area contributed by atoms with Gasteiger partial charge >= 0.3 is 0 Å². The summed E-state index contributed by atoms with van der Waals surface area (Å²) in [5.41, 5.74) is 2.65. The van der Waals surface area contributed by atoms with Crippen molar-refractivity contribution in [3.63, 3.8) is 0 Å². The average Bonchev–Trinajstić information content (AvgIpc) is 2.55. The summed E-state index contributed by atoms with van der Waals surface area (Å²) in [4.78, 5) is 0. The van der Waals surface area contributed by atoms with Crippen molar-refractivity contribution in [3.8, 4) is 0 Å². The van der Waals surface area contributed by atoms with Crippen LogP contribution in [0.25, 0.3) is 0 Å². The van der Waals surface area contributed by atoms with Gasteiger partial charge < -0.3 is 0 Å². The lowest BCUT2D eigenvalue weighted by molar-refractivity contribution is 0.453. The minimum Gasteiger partial charge on any atom is -0.206 e. The monoisotopic (exact) mass is 316 g/mol. The standard InChI is InChI=1S/C22H33F/c1-9-16(3)11-13-18(5)20(7)15-22(23)21(8)19(6)14-12-17(4)10-2/h12,14-16,18H,4,6-11,13H2,1-3,5H3/b14-12-,22-15+. The molecule has 0 spiro atoms. The second kappa shape index (κ2) is 11.0. The fourth-order valence-electron chi connectivity index (χ4n) is 1.91. The topological polar surface area (TPSA) is 0 Å². The lowest BCUT2D eigenvalue weighted by Crippen LogP contribution is -2.01. The summed E-state index contributed by atoms with van der Waals surface area (Å²) in [6.45, 7) is 24.1. The van der Waals surface area contributed by atoms with Gasteiger partial charge in [0.1, 0.15) is 5.83 Å². The van der Waals surface area contributed by atoms with E-state index in [1.807, 2.05) is 13.0 Å². The molecule has 0 rings (SSSR count). The van der Waals surface area contributed by atoms with E-state index >= 15 is 0 Å². The molecule has 0 aromatic rings. The zero-order chi connectivity index (χ0) is 18.0. The largest absolute Gasteiger partial charge is 0.206 e. The second-order valence-electron chi connectivity index (χ2n) is 6.41. The molecule has 0 aliphatic heterocycles. The Bertz CT molecular complexity index is 502. The van der Waals surface area contributed by atoms with Crippen LogP contribution in [0, 0.1) is 11.8 Å².